The molecule has 2 N–H and O–H groups in total. The molecule has 1 saturated heterocycles. The Balaban J connectivity index is 1.48. The van der Waals surface area contributed by atoms with Gasteiger partial charge in [0.15, 0.2) is 0 Å². The number of ether oxygens (including phenoxy) is 1. The van der Waals surface area contributed by atoms with E-state index in [-0.39, 0.29) is 46.4 Å². The molecule has 0 spiro atoms. The van der Waals surface area contributed by atoms with Crippen molar-refractivity contribution in [1.29, 1.82) is 0 Å². The highest BCUT2D eigenvalue weighted by Crippen LogP contribution is 2.34. The number of rotatable bonds is 8. The smallest absolute Gasteiger partial charge is 0.278 e. The van der Waals surface area contributed by atoms with Crippen LogP contribution in [-0.4, -0.2) is 64.9 Å². The molecular weight excluding hydrogens is 522 g/mol. The molecule has 2 aliphatic heterocycles. The number of carbonyl (C=O) groups is 1. The highest BCUT2D eigenvalue weighted by molar-refractivity contribution is 8.03. The van der Waals surface area contributed by atoms with Crippen LogP contribution in [0.1, 0.15) is 28.9 Å². The first-order chi connectivity index (χ1) is 17.3. The number of likely N-dealkylation sites (tertiary alicyclic amines) is 1. The molecule has 4 rings (SSSR count). The van der Waals surface area contributed by atoms with Crippen LogP contribution in [0.3, 0.4) is 0 Å². The zero-order valence-corrected chi connectivity index (χ0v) is 20.8. The number of hydrogen-bond acceptors (Lipinski definition) is 7. The second-order valence-corrected chi connectivity index (χ2v) is 9.72. The van der Waals surface area contributed by atoms with Crippen molar-refractivity contribution in [2.75, 3.05) is 25.5 Å². The number of allylic oxidation sites excluding steroid dienone is 1. The Hall–Kier alpha value is -2.57. The lowest BCUT2D eigenvalue weighted by atomic mass is 10.0. The van der Waals surface area contributed by atoms with Gasteiger partial charge in [-0.15, -0.1) is 11.8 Å². The number of hydrogen-bond donors (Lipinski definition) is 2. The fraction of sp³-hybridized carbons (Fsp3) is 0.435. The number of benzene rings is 1. The van der Waals surface area contributed by atoms with E-state index < -0.39 is 30.0 Å². The van der Waals surface area contributed by atoms with Gasteiger partial charge in [0.2, 0.25) is 5.82 Å². The van der Waals surface area contributed by atoms with Crippen LogP contribution in [0, 0.1) is 18.6 Å². The van der Waals surface area contributed by atoms with E-state index in [0.717, 1.165) is 6.07 Å². The predicted molar refractivity (Wildman–Crippen MR) is 128 cm³/mol. The summed E-state index contributed by atoms with van der Waals surface area (Å²) in [4.78, 5) is 22.7. The van der Waals surface area contributed by atoms with Crippen LogP contribution in [-0.2, 0) is 0 Å². The molecule has 7 nitrogen and oxygen atoms in total. The SMILES string of the molecule is Cc1ncnc(OC2CCN(C(CNC(=O)c3c(F)cccc3Cl)C3=C(C(F)F)NCS3)CC2)c1F. The summed E-state index contributed by atoms with van der Waals surface area (Å²) in [6.45, 7) is 2.37. The van der Waals surface area contributed by atoms with Crippen molar-refractivity contribution in [1.82, 2.24) is 25.5 Å². The first-order valence-corrected chi connectivity index (χ1v) is 12.6. The summed E-state index contributed by atoms with van der Waals surface area (Å²) >= 11 is 7.24. The number of amides is 1. The van der Waals surface area contributed by atoms with Crippen molar-refractivity contribution in [3.63, 3.8) is 0 Å². The van der Waals surface area contributed by atoms with E-state index in [1.807, 2.05) is 4.90 Å². The van der Waals surface area contributed by atoms with Crippen LogP contribution < -0.4 is 15.4 Å². The molecule has 0 aliphatic carbocycles. The second-order valence-electron chi connectivity index (χ2n) is 8.30. The molecule has 1 fully saturated rings. The van der Waals surface area contributed by atoms with Gasteiger partial charge >= 0.3 is 0 Å². The van der Waals surface area contributed by atoms with Gasteiger partial charge in [0.05, 0.1) is 33.9 Å². The summed E-state index contributed by atoms with van der Waals surface area (Å²) in [5.41, 5.74) is -0.298. The van der Waals surface area contributed by atoms with Gasteiger partial charge in [-0.25, -0.2) is 18.2 Å². The van der Waals surface area contributed by atoms with Crippen LogP contribution in [0.15, 0.2) is 35.1 Å². The van der Waals surface area contributed by atoms with E-state index in [9.17, 15) is 22.4 Å². The molecule has 2 aliphatic rings. The van der Waals surface area contributed by atoms with Crippen molar-refractivity contribution in [3.8, 4) is 5.88 Å². The topological polar surface area (TPSA) is 79.4 Å². The Morgan fingerprint density at radius 2 is 2.06 bits per heavy atom. The Kier molecular flexibility index (Phi) is 8.58. The number of nitrogens with zero attached hydrogens (tertiary/aromatic N) is 3. The number of aryl methyl sites for hydroxylation is 1. The summed E-state index contributed by atoms with van der Waals surface area (Å²) in [7, 11) is 0. The largest absolute Gasteiger partial charge is 0.472 e. The first-order valence-electron chi connectivity index (χ1n) is 11.2. The Bertz CT molecular complexity index is 1130. The molecule has 1 aromatic carbocycles. The predicted octanol–water partition coefficient (Wildman–Crippen LogP) is 4.13. The average molecular weight is 546 g/mol. The van der Waals surface area contributed by atoms with Crippen LogP contribution in [0.5, 0.6) is 5.88 Å². The van der Waals surface area contributed by atoms with E-state index >= 15 is 0 Å². The van der Waals surface area contributed by atoms with Crippen LogP contribution in [0.25, 0.3) is 0 Å². The maximum Gasteiger partial charge on any atom is 0.278 e. The minimum atomic E-state index is -2.71. The normalized spacial score (nSPS) is 17.9. The molecule has 1 aromatic heterocycles. The summed E-state index contributed by atoms with van der Waals surface area (Å²) in [6.07, 6.45) is -0.830. The van der Waals surface area contributed by atoms with Gasteiger partial charge in [-0.2, -0.15) is 9.37 Å². The maximum absolute atomic E-state index is 14.2. The van der Waals surface area contributed by atoms with Gasteiger partial charge in [-0.3, -0.25) is 9.69 Å². The van der Waals surface area contributed by atoms with Crippen molar-refractivity contribution in [2.45, 2.75) is 38.3 Å². The van der Waals surface area contributed by atoms with Gasteiger partial charge in [0, 0.05) is 24.5 Å². The minimum Gasteiger partial charge on any atom is -0.472 e. The number of thioether (sulfide) groups is 1. The van der Waals surface area contributed by atoms with Crippen molar-refractivity contribution < 1.29 is 27.1 Å². The lowest BCUT2D eigenvalue weighted by Gasteiger charge is -2.38. The van der Waals surface area contributed by atoms with E-state index in [1.165, 1.54) is 37.1 Å². The highest BCUT2D eigenvalue weighted by atomic mass is 35.5. The number of nitrogens with one attached hydrogen (secondary N) is 2. The fourth-order valence-corrected chi connectivity index (χ4v) is 5.55. The third-order valence-electron chi connectivity index (χ3n) is 6.05. The number of carbonyl (C=O) groups excluding carboxylic acids is 1. The van der Waals surface area contributed by atoms with Gasteiger partial charge in [0.1, 0.15) is 18.2 Å². The number of aromatic nitrogens is 2. The molecule has 3 heterocycles. The van der Waals surface area contributed by atoms with E-state index in [2.05, 4.69) is 20.6 Å². The summed E-state index contributed by atoms with van der Waals surface area (Å²) in [5.74, 6) is -1.96. The van der Waals surface area contributed by atoms with Gasteiger partial charge in [-0.05, 0) is 31.9 Å². The molecule has 36 heavy (non-hydrogen) atoms. The Morgan fingerprint density at radius 3 is 2.75 bits per heavy atom. The molecule has 1 amide bonds. The number of halogens is 5. The molecule has 1 unspecified atom stereocenters. The van der Waals surface area contributed by atoms with Crippen LogP contribution >= 0.6 is 23.4 Å². The molecule has 13 heteroatoms. The van der Waals surface area contributed by atoms with E-state index in [1.54, 1.807) is 0 Å². The van der Waals surface area contributed by atoms with Gasteiger partial charge < -0.3 is 15.4 Å². The number of piperidine rings is 1. The average Bonchev–Trinajstić information content (AvgIpc) is 3.33. The molecule has 0 saturated carbocycles. The number of alkyl halides is 2. The molecular formula is C23H24ClF4N5O2S. The second kappa shape index (κ2) is 11.7. The Morgan fingerprint density at radius 1 is 1.31 bits per heavy atom. The molecule has 2 aromatic rings. The zero-order valence-electron chi connectivity index (χ0n) is 19.2. The standard InChI is InChI=1S/C23H24ClF4N5O2S/c1-12-18(26)23(31-10-30-12)35-13-5-7-33(8-6-13)16(20-19(21(27)28)32-11-36-20)9-29-22(34)17-14(24)3-2-4-15(17)25/h2-4,10,13,16,21,32H,5-9,11H2,1H3,(H,29,34). The highest BCUT2D eigenvalue weighted by Gasteiger charge is 2.35. The lowest BCUT2D eigenvalue weighted by molar-refractivity contribution is 0.0751. The summed E-state index contributed by atoms with van der Waals surface area (Å²) < 4.78 is 61.5. The van der Waals surface area contributed by atoms with E-state index in [0.29, 0.717) is 30.8 Å². The maximum atomic E-state index is 14.2. The third-order valence-corrected chi connectivity index (χ3v) is 7.46. The first kappa shape index (κ1) is 26.5. The minimum absolute atomic E-state index is 0.0328. The van der Waals surface area contributed by atoms with Gasteiger partial charge in [0.25, 0.3) is 18.2 Å². The van der Waals surface area contributed by atoms with Crippen LogP contribution in [0.2, 0.25) is 5.02 Å². The monoisotopic (exact) mass is 545 g/mol. The molecule has 0 radical (unpaired) electrons. The van der Waals surface area contributed by atoms with Gasteiger partial charge in [-0.1, -0.05) is 17.7 Å². The zero-order chi connectivity index (χ0) is 25.8. The molecule has 194 valence electrons. The van der Waals surface area contributed by atoms with Crippen molar-refractivity contribution >= 4 is 29.3 Å². The van der Waals surface area contributed by atoms with E-state index in [4.69, 9.17) is 16.3 Å². The summed E-state index contributed by atoms with van der Waals surface area (Å²) in [6, 6.07) is 3.33. The van der Waals surface area contributed by atoms with Crippen molar-refractivity contribution in [2.24, 2.45) is 0 Å². The van der Waals surface area contributed by atoms with Crippen molar-refractivity contribution in [3.05, 3.63) is 63.0 Å². The van der Waals surface area contributed by atoms with Crippen LogP contribution in [0.4, 0.5) is 17.6 Å². The fourth-order valence-electron chi connectivity index (χ4n) is 4.18. The summed E-state index contributed by atoms with van der Waals surface area (Å²) in [5, 5.41) is 5.32. The quantitative estimate of drug-likeness (QED) is 0.483. The Labute approximate surface area is 214 Å². The molecule has 0 bridgehead atoms. The third kappa shape index (κ3) is 5.87. The lowest BCUT2D eigenvalue weighted by Crippen LogP contribution is -2.49. The molecule has 1 atom stereocenters.